The Morgan fingerprint density at radius 1 is 1.06 bits per heavy atom. The third kappa shape index (κ3) is 3.03. The highest BCUT2D eigenvalue weighted by molar-refractivity contribution is 6.36. The molecule has 1 fully saturated rings. The van der Waals surface area contributed by atoms with Crippen molar-refractivity contribution in [3.8, 4) is 0 Å². The molecule has 1 heterocycles. The van der Waals surface area contributed by atoms with Gasteiger partial charge in [-0.1, -0.05) is 23.2 Å². The molecule has 0 radical (unpaired) electrons. The topological polar surface area (TPSA) is 15.3 Å². The van der Waals surface area contributed by atoms with Gasteiger partial charge in [-0.05, 0) is 37.6 Å². The van der Waals surface area contributed by atoms with Crippen LogP contribution in [0.5, 0.6) is 0 Å². The number of benzene rings is 1. The minimum atomic E-state index is 0.693. The fourth-order valence-electron chi connectivity index (χ4n) is 1.98. The van der Waals surface area contributed by atoms with E-state index in [1.807, 2.05) is 18.2 Å². The summed E-state index contributed by atoms with van der Waals surface area (Å²) in [6.45, 7) is 4.21. The minimum absolute atomic E-state index is 0.693. The number of hydrogen-bond acceptors (Lipinski definition) is 2. The average molecular weight is 259 g/mol. The van der Waals surface area contributed by atoms with E-state index in [-0.39, 0.29) is 0 Å². The molecule has 0 bridgehead atoms. The van der Waals surface area contributed by atoms with Crippen LogP contribution in [0, 0.1) is 0 Å². The lowest BCUT2D eigenvalue weighted by Crippen LogP contribution is -2.36. The summed E-state index contributed by atoms with van der Waals surface area (Å²) in [5.74, 6) is 0. The molecule has 16 heavy (non-hydrogen) atoms. The molecule has 0 atom stereocenters. The van der Waals surface area contributed by atoms with Crippen molar-refractivity contribution in [2.24, 2.45) is 0 Å². The second kappa shape index (κ2) is 5.76. The van der Waals surface area contributed by atoms with E-state index in [4.69, 9.17) is 23.2 Å². The third-order valence-corrected chi connectivity index (χ3v) is 3.38. The Bertz CT molecular complexity index is 347. The Balaban J connectivity index is 2.14. The van der Waals surface area contributed by atoms with Gasteiger partial charge in [0, 0.05) is 24.7 Å². The van der Waals surface area contributed by atoms with Crippen LogP contribution in [-0.2, 0) is 0 Å². The van der Waals surface area contributed by atoms with Gasteiger partial charge in [0.25, 0.3) is 0 Å². The monoisotopic (exact) mass is 258 g/mol. The van der Waals surface area contributed by atoms with Gasteiger partial charge in [0.15, 0.2) is 0 Å². The van der Waals surface area contributed by atoms with E-state index in [1.165, 1.54) is 12.8 Å². The fourth-order valence-corrected chi connectivity index (χ4v) is 2.51. The Morgan fingerprint density at radius 2 is 1.94 bits per heavy atom. The van der Waals surface area contributed by atoms with E-state index in [0.717, 1.165) is 36.9 Å². The van der Waals surface area contributed by atoms with Crippen molar-refractivity contribution >= 4 is 28.9 Å². The molecule has 0 aromatic heterocycles. The van der Waals surface area contributed by atoms with Crippen LogP contribution in [-0.4, -0.2) is 26.2 Å². The maximum Gasteiger partial charge on any atom is 0.0654 e. The van der Waals surface area contributed by atoms with E-state index >= 15 is 0 Å². The molecule has 1 N–H and O–H groups in total. The van der Waals surface area contributed by atoms with E-state index in [1.54, 1.807) is 0 Å². The van der Waals surface area contributed by atoms with Crippen molar-refractivity contribution in [2.75, 3.05) is 31.1 Å². The number of anilines is 1. The van der Waals surface area contributed by atoms with Crippen molar-refractivity contribution in [1.29, 1.82) is 0 Å². The first kappa shape index (κ1) is 12.0. The Kier molecular flexibility index (Phi) is 4.33. The highest BCUT2D eigenvalue weighted by atomic mass is 35.5. The van der Waals surface area contributed by atoms with Crippen LogP contribution < -0.4 is 10.2 Å². The maximum absolute atomic E-state index is 6.21. The predicted octanol–water partition coefficient (Wildman–Crippen LogP) is 3.18. The van der Waals surface area contributed by atoms with Crippen molar-refractivity contribution in [3.63, 3.8) is 0 Å². The zero-order chi connectivity index (χ0) is 11.4. The molecule has 88 valence electrons. The van der Waals surface area contributed by atoms with Crippen LogP contribution in [0.3, 0.4) is 0 Å². The van der Waals surface area contributed by atoms with Crippen LogP contribution in [0.4, 0.5) is 5.69 Å². The van der Waals surface area contributed by atoms with Crippen LogP contribution in [0.15, 0.2) is 18.2 Å². The third-order valence-electron chi connectivity index (χ3n) is 2.84. The molecule has 0 spiro atoms. The van der Waals surface area contributed by atoms with Gasteiger partial charge in [0.05, 0.1) is 10.7 Å². The van der Waals surface area contributed by atoms with Gasteiger partial charge in [-0.2, -0.15) is 0 Å². The molecule has 4 heteroatoms. The van der Waals surface area contributed by atoms with Gasteiger partial charge in [-0.15, -0.1) is 0 Å². The second-order valence-electron chi connectivity index (χ2n) is 4.04. The highest BCUT2D eigenvalue weighted by Crippen LogP contribution is 2.29. The minimum Gasteiger partial charge on any atom is -0.369 e. The number of hydrogen-bond donors (Lipinski definition) is 1. The first-order chi connectivity index (χ1) is 7.77. The number of nitrogens with zero attached hydrogens (tertiary/aromatic N) is 1. The number of rotatable bonds is 1. The van der Waals surface area contributed by atoms with Gasteiger partial charge in [-0.3, -0.25) is 0 Å². The number of nitrogens with one attached hydrogen (secondary N) is 1. The standard InChI is InChI=1S/C12H16Cl2N2/c13-10-3-4-12(11(14)9-10)16-7-2-1-5-15-6-8-16/h3-4,9,15H,1-2,5-8H2. The summed E-state index contributed by atoms with van der Waals surface area (Å²) in [6.07, 6.45) is 2.42. The van der Waals surface area contributed by atoms with Crippen molar-refractivity contribution < 1.29 is 0 Å². The van der Waals surface area contributed by atoms with Crippen LogP contribution in [0.1, 0.15) is 12.8 Å². The molecule has 1 aliphatic rings. The van der Waals surface area contributed by atoms with Crippen LogP contribution in [0.2, 0.25) is 10.0 Å². The molecular weight excluding hydrogens is 243 g/mol. The van der Waals surface area contributed by atoms with Crippen LogP contribution >= 0.6 is 23.2 Å². The first-order valence-electron chi connectivity index (χ1n) is 5.68. The molecule has 2 rings (SSSR count). The molecule has 1 aromatic carbocycles. The first-order valence-corrected chi connectivity index (χ1v) is 6.44. The van der Waals surface area contributed by atoms with Gasteiger partial charge in [0.2, 0.25) is 0 Å². The maximum atomic E-state index is 6.21. The lowest BCUT2D eigenvalue weighted by atomic mass is 10.2. The zero-order valence-electron chi connectivity index (χ0n) is 9.18. The predicted molar refractivity (Wildman–Crippen MR) is 70.8 cm³/mol. The summed E-state index contributed by atoms with van der Waals surface area (Å²) in [7, 11) is 0. The summed E-state index contributed by atoms with van der Waals surface area (Å²) in [4.78, 5) is 2.32. The van der Waals surface area contributed by atoms with E-state index < -0.39 is 0 Å². The molecule has 0 saturated carbocycles. The summed E-state index contributed by atoms with van der Waals surface area (Å²) >= 11 is 12.1. The van der Waals surface area contributed by atoms with E-state index in [9.17, 15) is 0 Å². The van der Waals surface area contributed by atoms with Gasteiger partial charge in [-0.25, -0.2) is 0 Å². The summed E-state index contributed by atoms with van der Waals surface area (Å²) in [6, 6.07) is 5.71. The molecule has 0 aliphatic carbocycles. The Labute approximate surface area is 107 Å². The molecule has 0 unspecified atom stereocenters. The van der Waals surface area contributed by atoms with Crippen molar-refractivity contribution in [3.05, 3.63) is 28.2 Å². The second-order valence-corrected chi connectivity index (χ2v) is 4.88. The van der Waals surface area contributed by atoms with Crippen molar-refractivity contribution in [2.45, 2.75) is 12.8 Å². The molecular formula is C12H16Cl2N2. The van der Waals surface area contributed by atoms with Gasteiger partial charge < -0.3 is 10.2 Å². The Morgan fingerprint density at radius 3 is 2.75 bits per heavy atom. The average Bonchev–Trinajstić information content (AvgIpc) is 2.19. The van der Waals surface area contributed by atoms with Crippen LogP contribution in [0.25, 0.3) is 0 Å². The number of halogens is 2. The summed E-state index contributed by atoms with van der Waals surface area (Å²) < 4.78 is 0. The Hall–Kier alpha value is -0.440. The van der Waals surface area contributed by atoms with Crippen molar-refractivity contribution in [1.82, 2.24) is 5.32 Å². The largest absolute Gasteiger partial charge is 0.369 e. The SMILES string of the molecule is Clc1ccc(N2CCCCNCC2)c(Cl)c1. The molecule has 2 nitrogen and oxygen atoms in total. The smallest absolute Gasteiger partial charge is 0.0654 e. The lowest BCUT2D eigenvalue weighted by molar-refractivity contribution is 0.567. The molecule has 0 amide bonds. The normalized spacial score (nSPS) is 18.0. The highest BCUT2D eigenvalue weighted by Gasteiger charge is 2.11. The fraction of sp³-hybridized carbons (Fsp3) is 0.500. The van der Waals surface area contributed by atoms with E-state index in [0.29, 0.717) is 5.02 Å². The van der Waals surface area contributed by atoms with Gasteiger partial charge >= 0.3 is 0 Å². The zero-order valence-corrected chi connectivity index (χ0v) is 10.7. The van der Waals surface area contributed by atoms with E-state index in [2.05, 4.69) is 10.2 Å². The summed E-state index contributed by atoms with van der Waals surface area (Å²) in [5, 5.41) is 4.84. The molecule has 1 aliphatic heterocycles. The summed E-state index contributed by atoms with van der Waals surface area (Å²) in [5.41, 5.74) is 1.09. The molecule has 1 aromatic rings. The molecule has 1 saturated heterocycles. The lowest BCUT2D eigenvalue weighted by Gasteiger charge is -2.28. The van der Waals surface area contributed by atoms with Gasteiger partial charge in [0.1, 0.15) is 0 Å². The quantitative estimate of drug-likeness (QED) is 0.833.